The second-order valence-electron chi connectivity index (χ2n) is 4.72. The van der Waals surface area contributed by atoms with Gasteiger partial charge in [0.2, 0.25) is 0 Å². The molecule has 98 valence electrons. The van der Waals surface area contributed by atoms with Gasteiger partial charge in [0.25, 0.3) is 0 Å². The predicted molar refractivity (Wildman–Crippen MR) is 72.3 cm³/mol. The van der Waals surface area contributed by atoms with E-state index >= 15 is 0 Å². The molecule has 0 amide bonds. The van der Waals surface area contributed by atoms with E-state index in [-0.39, 0.29) is 0 Å². The molecular weight excluding hydrogens is 264 g/mol. The van der Waals surface area contributed by atoms with Gasteiger partial charge in [-0.3, -0.25) is 4.79 Å². The van der Waals surface area contributed by atoms with Crippen LogP contribution in [-0.4, -0.2) is 20.6 Å². The lowest BCUT2D eigenvalue weighted by atomic mass is 9.99. The van der Waals surface area contributed by atoms with Crippen molar-refractivity contribution in [2.75, 3.05) is 0 Å². The second-order valence-corrected chi connectivity index (χ2v) is 5.15. The van der Waals surface area contributed by atoms with E-state index < -0.39 is 11.9 Å². The zero-order valence-corrected chi connectivity index (χ0v) is 11.0. The van der Waals surface area contributed by atoms with Crippen LogP contribution in [0.15, 0.2) is 30.5 Å². The van der Waals surface area contributed by atoms with E-state index in [9.17, 15) is 9.90 Å². The molecule has 0 bridgehead atoms. The number of aryl methyl sites for hydroxylation is 1. The van der Waals surface area contributed by atoms with Crippen LogP contribution in [0.1, 0.15) is 24.6 Å². The molecule has 2 aromatic rings. The van der Waals surface area contributed by atoms with Crippen LogP contribution < -0.4 is 0 Å². The number of carboxylic acid groups (broad SMARTS) is 1. The van der Waals surface area contributed by atoms with E-state index in [4.69, 9.17) is 11.6 Å². The largest absolute Gasteiger partial charge is 0.481 e. The number of imidazole rings is 1. The molecular formula is C14H13ClN2O2. The van der Waals surface area contributed by atoms with Crippen molar-refractivity contribution in [1.82, 2.24) is 9.55 Å². The third-order valence-electron chi connectivity index (χ3n) is 3.45. The lowest BCUT2D eigenvalue weighted by Crippen LogP contribution is -2.21. The van der Waals surface area contributed by atoms with Crippen LogP contribution in [0.5, 0.6) is 0 Å². The predicted octanol–water partition coefficient (Wildman–Crippen LogP) is 3.17. The zero-order chi connectivity index (χ0) is 13.4. The Kier molecular flexibility index (Phi) is 3.03. The molecule has 5 heteroatoms. The third kappa shape index (κ3) is 2.24. The monoisotopic (exact) mass is 276 g/mol. The Morgan fingerprint density at radius 3 is 2.79 bits per heavy atom. The van der Waals surface area contributed by atoms with Crippen LogP contribution in [0.2, 0.25) is 5.02 Å². The molecule has 1 aliphatic rings. The summed E-state index contributed by atoms with van der Waals surface area (Å²) in [5.74, 6) is -0.632. The number of nitrogens with zero attached hydrogens (tertiary/aromatic N) is 2. The Balaban J connectivity index is 2.02. The van der Waals surface area contributed by atoms with E-state index in [0.29, 0.717) is 17.3 Å². The van der Waals surface area contributed by atoms with Crippen molar-refractivity contribution in [1.29, 1.82) is 0 Å². The summed E-state index contributed by atoms with van der Waals surface area (Å²) in [6.07, 6.45) is 3.46. The summed E-state index contributed by atoms with van der Waals surface area (Å²) in [7, 11) is 0. The van der Waals surface area contributed by atoms with E-state index in [0.717, 1.165) is 24.2 Å². The molecule has 2 heterocycles. The van der Waals surface area contributed by atoms with Crippen molar-refractivity contribution in [3.63, 3.8) is 0 Å². The van der Waals surface area contributed by atoms with E-state index in [1.165, 1.54) is 0 Å². The van der Waals surface area contributed by atoms with Gasteiger partial charge >= 0.3 is 5.97 Å². The fourth-order valence-electron chi connectivity index (χ4n) is 2.48. The maximum atomic E-state index is 11.2. The van der Waals surface area contributed by atoms with Crippen LogP contribution in [0, 0.1) is 0 Å². The molecule has 0 radical (unpaired) electrons. The highest BCUT2D eigenvalue weighted by Gasteiger charge is 2.28. The molecule has 4 nitrogen and oxygen atoms in total. The molecule has 0 spiro atoms. The average molecular weight is 277 g/mol. The van der Waals surface area contributed by atoms with Crippen molar-refractivity contribution in [2.24, 2.45) is 0 Å². The first-order valence-corrected chi connectivity index (χ1v) is 6.59. The van der Waals surface area contributed by atoms with E-state index in [2.05, 4.69) is 4.98 Å². The van der Waals surface area contributed by atoms with E-state index in [1.807, 2.05) is 35.0 Å². The molecule has 1 aliphatic heterocycles. The van der Waals surface area contributed by atoms with E-state index in [1.54, 1.807) is 0 Å². The standard InChI is InChI=1S/C14H13ClN2O2/c15-10-5-3-9(4-6-10)12-8-17-7-1-2-11(14(18)19)13(17)16-12/h3-6,8,11H,1-2,7H2,(H,18,19). The molecule has 0 saturated carbocycles. The Hall–Kier alpha value is -1.81. The SMILES string of the molecule is O=C(O)C1CCCn2cc(-c3ccc(Cl)cc3)nc21. The van der Waals surface area contributed by atoms with Gasteiger partial charge in [-0.2, -0.15) is 0 Å². The number of aromatic nitrogens is 2. The summed E-state index contributed by atoms with van der Waals surface area (Å²) < 4.78 is 1.95. The Morgan fingerprint density at radius 2 is 2.11 bits per heavy atom. The van der Waals surface area contributed by atoms with Gasteiger partial charge in [-0.15, -0.1) is 0 Å². The number of halogens is 1. The highest BCUT2D eigenvalue weighted by molar-refractivity contribution is 6.30. The van der Waals surface area contributed by atoms with Crippen molar-refractivity contribution in [2.45, 2.75) is 25.3 Å². The minimum absolute atomic E-state index is 0.491. The van der Waals surface area contributed by atoms with Crippen LogP contribution in [-0.2, 0) is 11.3 Å². The van der Waals surface area contributed by atoms with Gasteiger partial charge in [-0.05, 0) is 25.0 Å². The highest BCUT2D eigenvalue weighted by atomic mass is 35.5. The number of aliphatic carboxylic acids is 1. The van der Waals surface area contributed by atoms with Gasteiger partial charge in [0.1, 0.15) is 11.7 Å². The number of carboxylic acids is 1. The molecule has 19 heavy (non-hydrogen) atoms. The van der Waals surface area contributed by atoms with Crippen molar-refractivity contribution in [3.8, 4) is 11.3 Å². The van der Waals surface area contributed by atoms with Gasteiger partial charge in [0.15, 0.2) is 0 Å². The number of fused-ring (bicyclic) bond motifs is 1. The first kappa shape index (κ1) is 12.2. The van der Waals surface area contributed by atoms with Crippen molar-refractivity contribution in [3.05, 3.63) is 41.3 Å². The lowest BCUT2D eigenvalue weighted by molar-refractivity contribution is -0.139. The Bertz CT molecular complexity index is 619. The van der Waals surface area contributed by atoms with Crippen LogP contribution >= 0.6 is 11.6 Å². The summed E-state index contributed by atoms with van der Waals surface area (Å²) in [5.41, 5.74) is 1.76. The lowest BCUT2D eigenvalue weighted by Gasteiger charge is -2.19. The maximum Gasteiger partial charge on any atom is 0.314 e. The quantitative estimate of drug-likeness (QED) is 0.917. The van der Waals surface area contributed by atoms with Crippen molar-refractivity contribution >= 4 is 17.6 Å². The fourth-order valence-corrected chi connectivity index (χ4v) is 2.60. The first-order valence-electron chi connectivity index (χ1n) is 6.21. The molecule has 1 aromatic carbocycles. The molecule has 0 aliphatic carbocycles. The van der Waals surface area contributed by atoms with Crippen LogP contribution in [0.3, 0.4) is 0 Å². The van der Waals surface area contributed by atoms with Gasteiger partial charge in [0, 0.05) is 23.3 Å². The summed E-state index contributed by atoms with van der Waals surface area (Å²) in [4.78, 5) is 15.7. The second kappa shape index (κ2) is 4.70. The third-order valence-corrected chi connectivity index (χ3v) is 3.70. The normalized spacial score (nSPS) is 18.1. The first-order chi connectivity index (χ1) is 9.15. The Morgan fingerprint density at radius 1 is 1.37 bits per heavy atom. The Labute approximate surface area is 115 Å². The summed E-state index contributed by atoms with van der Waals surface area (Å²) in [5, 5.41) is 9.91. The highest BCUT2D eigenvalue weighted by Crippen LogP contribution is 2.30. The maximum absolute atomic E-state index is 11.2. The smallest absolute Gasteiger partial charge is 0.314 e. The summed E-state index contributed by atoms with van der Waals surface area (Å²) in [6, 6.07) is 7.41. The molecule has 0 fully saturated rings. The summed E-state index contributed by atoms with van der Waals surface area (Å²) in [6.45, 7) is 0.833. The number of carbonyl (C=O) groups is 1. The molecule has 1 aromatic heterocycles. The minimum Gasteiger partial charge on any atom is -0.481 e. The zero-order valence-electron chi connectivity index (χ0n) is 10.2. The number of hydrogen-bond acceptors (Lipinski definition) is 2. The van der Waals surface area contributed by atoms with Gasteiger partial charge in [0.05, 0.1) is 5.69 Å². The average Bonchev–Trinajstić information content (AvgIpc) is 2.82. The molecule has 0 saturated heterocycles. The van der Waals surface area contributed by atoms with Gasteiger partial charge in [-0.25, -0.2) is 4.98 Å². The molecule has 1 N–H and O–H groups in total. The number of benzene rings is 1. The van der Waals surface area contributed by atoms with Crippen LogP contribution in [0.4, 0.5) is 0 Å². The number of rotatable bonds is 2. The molecule has 1 unspecified atom stereocenters. The van der Waals surface area contributed by atoms with Gasteiger partial charge in [-0.1, -0.05) is 23.7 Å². The summed E-state index contributed by atoms with van der Waals surface area (Å²) >= 11 is 5.86. The van der Waals surface area contributed by atoms with Crippen molar-refractivity contribution < 1.29 is 9.90 Å². The topological polar surface area (TPSA) is 55.1 Å². The molecule has 1 atom stereocenters. The van der Waals surface area contributed by atoms with Crippen LogP contribution in [0.25, 0.3) is 11.3 Å². The number of hydrogen-bond donors (Lipinski definition) is 1. The fraction of sp³-hybridized carbons (Fsp3) is 0.286. The minimum atomic E-state index is -0.797. The van der Waals surface area contributed by atoms with Gasteiger partial charge < -0.3 is 9.67 Å². The molecule has 3 rings (SSSR count).